The summed E-state index contributed by atoms with van der Waals surface area (Å²) in [6, 6.07) is 10.3. The van der Waals surface area contributed by atoms with Gasteiger partial charge in [-0.25, -0.2) is 0 Å². The van der Waals surface area contributed by atoms with Crippen LogP contribution in [0.1, 0.15) is 38.3 Å². The van der Waals surface area contributed by atoms with Crippen molar-refractivity contribution in [3.63, 3.8) is 0 Å². The third-order valence-electron chi connectivity index (χ3n) is 4.59. The summed E-state index contributed by atoms with van der Waals surface area (Å²) in [5, 5.41) is 3.48. The van der Waals surface area contributed by atoms with Gasteiger partial charge in [-0.1, -0.05) is 31.2 Å². The van der Waals surface area contributed by atoms with Gasteiger partial charge in [0.25, 0.3) is 0 Å². The van der Waals surface area contributed by atoms with E-state index in [0.717, 1.165) is 19.6 Å². The predicted molar refractivity (Wildman–Crippen MR) is 90.4 cm³/mol. The quantitative estimate of drug-likeness (QED) is 0.812. The molecule has 2 unspecified atom stereocenters. The first kappa shape index (κ1) is 16.5. The molecule has 3 heteroatoms. The van der Waals surface area contributed by atoms with E-state index in [1.807, 2.05) is 0 Å². The fraction of sp³-hybridized carbons (Fsp3) is 0.667. The Morgan fingerprint density at radius 3 is 2.48 bits per heavy atom. The Bertz CT molecular complexity index is 420. The molecule has 0 saturated carbocycles. The standard InChI is InChI=1S/C18H31N3/c1-5-9-19-11-17-7-6-8-18(10-17)14-21-12-15(2)20(4)16(3)13-21/h6-8,10,15-16,19H,5,9,11-14H2,1-4H3. The molecule has 1 heterocycles. The first-order valence-corrected chi connectivity index (χ1v) is 8.33. The SMILES string of the molecule is CCCNCc1cccc(CN2CC(C)N(C)C(C)C2)c1. The molecule has 0 spiro atoms. The van der Waals surface area contributed by atoms with Gasteiger partial charge < -0.3 is 5.32 Å². The van der Waals surface area contributed by atoms with Crippen LogP contribution in [0.2, 0.25) is 0 Å². The Balaban J connectivity index is 1.92. The molecule has 21 heavy (non-hydrogen) atoms. The van der Waals surface area contributed by atoms with E-state index in [4.69, 9.17) is 0 Å². The van der Waals surface area contributed by atoms with Crippen LogP contribution in [0, 0.1) is 0 Å². The second-order valence-corrected chi connectivity index (χ2v) is 6.55. The minimum Gasteiger partial charge on any atom is -0.313 e. The predicted octanol–water partition coefficient (Wildman–Crippen LogP) is 2.71. The van der Waals surface area contributed by atoms with Crippen LogP contribution in [0.4, 0.5) is 0 Å². The molecule has 0 bridgehead atoms. The van der Waals surface area contributed by atoms with E-state index in [9.17, 15) is 0 Å². The Morgan fingerprint density at radius 2 is 1.81 bits per heavy atom. The highest BCUT2D eigenvalue weighted by atomic mass is 15.3. The van der Waals surface area contributed by atoms with Crippen LogP contribution in [0.5, 0.6) is 0 Å². The molecule has 1 aliphatic heterocycles. The average molecular weight is 289 g/mol. The van der Waals surface area contributed by atoms with Crippen molar-refractivity contribution in [2.75, 3.05) is 26.7 Å². The molecule has 0 aliphatic carbocycles. The van der Waals surface area contributed by atoms with Crippen molar-refractivity contribution in [2.45, 2.75) is 52.4 Å². The van der Waals surface area contributed by atoms with Crippen molar-refractivity contribution in [2.24, 2.45) is 0 Å². The zero-order chi connectivity index (χ0) is 15.2. The van der Waals surface area contributed by atoms with E-state index in [0.29, 0.717) is 12.1 Å². The molecular weight excluding hydrogens is 258 g/mol. The highest BCUT2D eigenvalue weighted by molar-refractivity contribution is 5.23. The third-order valence-corrected chi connectivity index (χ3v) is 4.59. The summed E-state index contributed by atoms with van der Waals surface area (Å²) in [4.78, 5) is 5.08. The Morgan fingerprint density at radius 1 is 1.14 bits per heavy atom. The summed E-state index contributed by atoms with van der Waals surface area (Å²) < 4.78 is 0. The lowest BCUT2D eigenvalue weighted by Gasteiger charge is -2.42. The van der Waals surface area contributed by atoms with E-state index < -0.39 is 0 Å². The molecule has 1 aromatic carbocycles. The number of benzene rings is 1. The van der Waals surface area contributed by atoms with Gasteiger partial charge in [-0.2, -0.15) is 0 Å². The number of nitrogens with one attached hydrogen (secondary N) is 1. The Kier molecular flexibility index (Phi) is 6.22. The van der Waals surface area contributed by atoms with E-state index in [-0.39, 0.29) is 0 Å². The number of piperazine rings is 1. The molecule has 0 amide bonds. The second-order valence-electron chi connectivity index (χ2n) is 6.55. The van der Waals surface area contributed by atoms with E-state index in [2.05, 4.69) is 67.2 Å². The molecule has 0 radical (unpaired) electrons. The summed E-state index contributed by atoms with van der Waals surface area (Å²) in [5.41, 5.74) is 2.84. The lowest BCUT2D eigenvalue weighted by atomic mass is 10.1. The zero-order valence-corrected chi connectivity index (χ0v) is 14.1. The van der Waals surface area contributed by atoms with Crippen molar-refractivity contribution >= 4 is 0 Å². The van der Waals surface area contributed by atoms with Gasteiger partial charge in [0, 0.05) is 38.3 Å². The van der Waals surface area contributed by atoms with Crippen molar-refractivity contribution in [3.05, 3.63) is 35.4 Å². The first-order valence-electron chi connectivity index (χ1n) is 8.33. The fourth-order valence-electron chi connectivity index (χ4n) is 3.15. The van der Waals surface area contributed by atoms with E-state index >= 15 is 0 Å². The maximum Gasteiger partial charge on any atom is 0.0235 e. The number of rotatable bonds is 6. The minimum absolute atomic E-state index is 0.642. The van der Waals surface area contributed by atoms with Crippen LogP contribution in [0.25, 0.3) is 0 Å². The molecular formula is C18H31N3. The molecule has 1 fully saturated rings. The normalized spacial score (nSPS) is 24.4. The van der Waals surface area contributed by atoms with Gasteiger partial charge >= 0.3 is 0 Å². The van der Waals surface area contributed by atoms with Gasteiger partial charge in [-0.3, -0.25) is 9.80 Å². The van der Waals surface area contributed by atoms with Gasteiger partial charge in [0.1, 0.15) is 0 Å². The molecule has 1 saturated heterocycles. The summed E-state index contributed by atoms with van der Waals surface area (Å²) >= 11 is 0. The van der Waals surface area contributed by atoms with Crippen LogP contribution < -0.4 is 5.32 Å². The molecule has 3 nitrogen and oxygen atoms in total. The van der Waals surface area contributed by atoms with Crippen LogP contribution >= 0.6 is 0 Å². The van der Waals surface area contributed by atoms with Crippen LogP contribution in [-0.2, 0) is 13.1 Å². The first-order chi connectivity index (χ1) is 10.1. The molecule has 2 atom stereocenters. The minimum atomic E-state index is 0.642. The van der Waals surface area contributed by atoms with Gasteiger partial charge in [-0.15, -0.1) is 0 Å². The Labute approximate surface area is 130 Å². The summed E-state index contributed by atoms with van der Waals surface area (Å²) in [6.07, 6.45) is 1.19. The number of hydrogen-bond donors (Lipinski definition) is 1. The molecule has 2 rings (SSSR count). The highest BCUT2D eigenvalue weighted by Crippen LogP contribution is 2.16. The van der Waals surface area contributed by atoms with Crippen molar-refractivity contribution < 1.29 is 0 Å². The summed E-state index contributed by atoms with van der Waals surface area (Å²) in [5.74, 6) is 0. The van der Waals surface area contributed by atoms with Gasteiger partial charge in [0.15, 0.2) is 0 Å². The summed E-state index contributed by atoms with van der Waals surface area (Å²) in [7, 11) is 2.24. The van der Waals surface area contributed by atoms with Crippen molar-refractivity contribution in [1.82, 2.24) is 15.1 Å². The number of likely N-dealkylation sites (N-methyl/N-ethyl adjacent to an activating group) is 1. The molecule has 1 aliphatic rings. The molecule has 1 aromatic rings. The van der Waals surface area contributed by atoms with Crippen LogP contribution in [0.15, 0.2) is 24.3 Å². The zero-order valence-electron chi connectivity index (χ0n) is 14.1. The van der Waals surface area contributed by atoms with Gasteiger partial charge in [-0.05, 0) is 45.0 Å². The highest BCUT2D eigenvalue weighted by Gasteiger charge is 2.26. The lowest BCUT2D eigenvalue weighted by Crippen LogP contribution is -2.54. The largest absolute Gasteiger partial charge is 0.313 e. The molecule has 0 aromatic heterocycles. The molecule has 1 N–H and O–H groups in total. The maximum absolute atomic E-state index is 3.48. The van der Waals surface area contributed by atoms with E-state index in [1.165, 1.54) is 30.6 Å². The van der Waals surface area contributed by atoms with Crippen molar-refractivity contribution in [3.8, 4) is 0 Å². The van der Waals surface area contributed by atoms with Crippen LogP contribution in [0.3, 0.4) is 0 Å². The smallest absolute Gasteiger partial charge is 0.0235 e. The summed E-state index contributed by atoms with van der Waals surface area (Å²) in [6.45, 7) is 12.3. The average Bonchev–Trinajstić information content (AvgIpc) is 2.45. The fourth-order valence-corrected chi connectivity index (χ4v) is 3.15. The number of hydrogen-bond acceptors (Lipinski definition) is 3. The maximum atomic E-state index is 3.48. The van der Waals surface area contributed by atoms with Crippen molar-refractivity contribution in [1.29, 1.82) is 0 Å². The number of nitrogens with zero attached hydrogens (tertiary/aromatic N) is 2. The lowest BCUT2D eigenvalue weighted by molar-refractivity contribution is 0.0556. The topological polar surface area (TPSA) is 18.5 Å². The van der Waals surface area contributed by atoms with Gasteiger partial charge in [0.05, 0.1) is 0 Å². The monoisotopic (exact) mass is 289 g/mol. The van der Waals surface area contributed by atoms with Gasteiger partial charge in [0.2, 0.25) is 0 Å². The molecule has 118 valence electrons. The van der Waals surface area contributed by atoms with Crippen LogP contribution in [-0.4, -0.2) is 48.6 Å². The Hall–Kier alpha value is -0.900. The second kappa shape index (κ2) is 7.92. The third kappa shape index (κ3) is 4.80. The van der Waals surface area contributed by atoms with E-state index in [1.54, 1.807) is 0 Å².